The molecule has 3 aromatic rings. The van der Waals surface area contributed by atoms with Crippen molar-refractivity contribution < 1.29 is 4.74 Å². The first-order valence-corrected chi connectivity index (χ1v) is 8.15. The van der Waals surface area contributed by atoms with Crippen LogP contribution in [0.1, 0.15) is 17.2 Å². The summed E-state index contributed by atoms with van der Waals surface area (Å²) in [5.74, 6) is 0.266. The van der Waals surface area contributed by atoms with Gasteiger partial charge in [0.25, 0.3) is 0 Å². The average molecular weight is 326 g/mol. The van der Waals surface area contributed by atoms with Crippen LogP contribution in [-0.2, 0) is 25.4 Å². The normalized spacial score (nSPS) is 21.8. The molecule has 7 heteroatoms. The Balaban J connectivity index is 1.52. The summed E-state index contributed by atoms with van der Waals surface area (Å²) in [4.78, 5) is 6.86. The van der Waals surface area contributed by atoms with E-state index in [4.69, 9.17) is 4.74 Å². The van der Waals surface area contributed by atoms with Gasteiger partial charge in [0.15, 0.2) is 0 Å². The van der Waals surface area contributed by atoms with E-state index in [1.54, 1.807) is 11.8 Å². The van der Waals surface area contributed by atoms with E-state index in [1.807, 2.05) is 31.2 Å². The van der Waals surface area contributed by atoms with Crippen LogP contribution in [0, 0.1) is 0 Å². The van der Waals surface area contributed by atoms with Gasteiger partial charge in [0, 0.05) is 53.0 Å². The van der Waals surface area contributed by atoms with Crippen molar-refractivity contribution in [2.45, 2.75) is 18.6 Å². The van der Waals surface area contributed by atoms with Crippen LogP contribution in [0.5, 0.6) is 0 Å². The zero-order valence-electron chi connectivity index (χ0n) is 14.3. The lowest BCUT2D eigenvalue weighted by Gasteiger charge is -2.15. The Bertz CT molecular complexity index is 854. The third kappa shape index (κ3) is 2.70. The topological polar surface area (TPSA) is 61.0 Å². The van der Waals surface area contributed by atoms with Gasteiger partial charge in [0.05, 0.1) is 29.2 Å². The number of hydrogen-bond acceptors (Lipinski definition) is 5. The molecule has 2 atom stereocenters. The molecule has 1 fully saturated rings. The highest BCUT2D eigenvalue weighted by molar-refractivity contribution is 5.75. The summed E-state index contributed by atoms with van der Waals surface area (Å²) < 4.78 is 9.49. The lowest BCUT2D eigenvalue weighted by molar-refractivity contribution is 0.0957. The molecule has 2 aromatic heterocycles. The van der Waals surface area contributed by atoms with E-state index in [2.05, 4.69) is 38.4 Å². The van der Waals surface area contributed by atoms with Gasteiger partial charge in [0.2, 0.25) is 0 Å². The second-order valence-electron chi connectivity index (χ2n) is 6.57. The Labute approximate surface area is 140 Å². The number of hydrogen-bond donors (Lipinski definition) is 0. The Kier molecular flexibility index (Phi) is 3.82. The highest BCUT2D eigenvalue weighted by Gasteiger charge is 2.35. The first-order chi connectivity index (χ1) is 11.6. The van der Waals surface area contributed by atoms with Crippen LogP contribution in [0.15, 0.2) is 30.7 Å². The number of nitrogens with zero attached hydrogens (tertiary/aromatic N) is 6. The van der Waals surface area contributed by atoms with Crippen LogP contribution in [0.25, 0.3) is 11.0 Å². The van der Waals surface area contributed by atoms with E-state index in [0.29, 0.717) is 0 Å². The van der Waals surface area contributed by atoms with Crippen molar-refractivity contribution in [2.24, 2.45) is 14.1 Å². The summed E-state index contributed by atoms with van der Waals surface area (Å²) in [6.07, 6.45) is 4.00. The summed E-state index contributed by atoms with van der Waals surface area (Å²) >= 11 is 0. The first kappa shape index (κ1) is 15.3. The van der Waals surface area contributed by atoms with Gasteiger partial charge in [-0.05, 0) is 17.7 Å². The van der Waals surface area contributed by atoms with Gasteiger partial charge in [-0.2, -0.15) is 0 Å². The standard InChI is InChI=1S/C17H22N6O/c1-21-11-18-14-6-12(4-5-16(14)21)7-23-8-13(17(10-23)24-3)15-9-22(2)20-19-15/h4-6,9,11,13,17H,7-8,10H2,1-3H3/t13-,17+/m0/s1. The third-order valence-corrected chi connectivity index (χ3v) is 4.84. The number of benzene rings is 1. The minimum Gasteiger partial charge on any atom is -0.379 e. The zero-order valence-corrected chi connectivity index (χ0v) is 14.3. The van der Waals surface area contributed by atoms with Gasteiger partial charge in [-0.1, -0.05) is 11.3 Å². The van der Waals surface area contributed by atoms with Crippen LogP contribution in [0.3, 0.4) is 0 Å². The lowest BCUT2D eigenvalue weighted by Crippen LogP contribution is -2.22. The molecule has 0 amide bonds. The van der Waals surface area contributed by atoms with Crippen LogP contribution >= 0.6 is 0 Å². The number of ether oxygens (including phenoxy) is 1. The lowest BCUT2D eigenvalue weighted by atomic mass is 10.0. The number of methoxy groups -OCH3 is 1. The Hall–Kier alpha value is -2.25. The highest BCUT2D eigenvalue weighted by atomic mass is 16.5. The molecule has 1 aliphatic rings. The molecule has 1 aliphatic heterocycles. The summed E-state index contributed by atoms with van der Waals surface area (Å²) in [7, 11) is 5.69. The SMILES string of the molecule is CO[C@@H]1CN(Cc2ccc3c(c2)ncn3C)C[C@H]1c1cn(C)nn1. The van der Waals surface area contributed by atoms with Crippen molar-refractivity contribution in [2.75, 3.05) is 20.2 Å². The van der Waals surface area contributed by atoms with Crippen molar-refractivity contribution in [1.29, 1.82) is 0 Å². The average Bonchev–Trinajstić information content (AvgIpc) is 3.27. The molecule has 0 spiro atoms. The van der Waals surface area contributed by atoms with Crippen molar-refractivity contribution >= 4 is 11.0 Å². The molecule has 1 aromatic carbocycles. The van der Waals surface area contributed by atoms with E-state index in [-0.39, 0.29) is 12.0 Å². The molecule has 0 bridgehead atoms. The molecule has 0 saturated carbocycles. The quantitative estimate of drug-likeness (QED) is 0.723. The van der Waals surface area contributed by atoms with E-state index >= 15 is 0 Å². The van der Waals surface area contributed by atoms with E-state index < -0.39 is 0 Å². The Morgan fingerprint density at radius 3 is 2.88 bits per heavy atom. The molecule has 7 nitrogen and oxygen atoms in total. The molecule has 0 radical (unpaired) electrons. The van der Waals surface area contributed by atoms with E-state index in [1.165, 1.54) is 5.56 Å². The number of aromatic nitrogens is 5. The van der Waals surface area contributed by atoms with Crippen LogP contribution in [0.4, 0.5) is 0 Å². The number of aryl methyl sites for hydroxylation is 2. The van der Waals surface area contributed by atoms with Crippen molar-refractivity contribution in [1.82, 2.24) is 29.4 Å². The molecule has 0 aliphatic carbocycles. The van der Waals surface area contributed by atoms with Crippen molar-refractivity contribution in [3.05, 3.63) is 42.0 Å². The summed E-state index contributed by atoms with van der Waals surface area (Å²) in [6, 6.07) is 6.50. The maximum atomic E-state index is 5.69. The summed E-state index contributed by atoms with van der Waals surface area (Å²) in [5.41, 5.74) is 4.48. The molecular weight excluding hydrogens is 304 g/mol. The maximum absolute atomic E-state index is 5.69. The molecule has 0 N–H and O–H groups in total. The predicted octanol–water partition coefficient (Wildman–Crippen LogP) is 1.32. The highest BCUT2D eigenvalue weighted by Crippen LogP contribution is 2.29. The molecule has 1 saturated heterocycles. The largest absolute Gasteiger partial charge is 0.379 e. The molecule has 3 heterocycles. The predicted molar refractivity (Wildman–Crippen MR) is 90.5 cm³/mol. The van der Waals surface area contributed by atoms with Crippen LogP contribution in [-0.4, -0.2) is 55.7 Å². The fourth-order valence-corrected chi connectivity index (χ4v) is 3.58. The minimum atomic E-state index is 0.153. The molecule has 0 unspecified atom stereocenters. The van der Waals surface area contributed by atoms with E-state index in [9.17, 15) is 0 Å². The van der Waals surface area contributed by atoms with Crippen LogP contribution in [0.2, 0.25) is 0 Å². The van der Waals surface area contributed by atoms with Gasteiger partial charge < -0.3 is 9.30 Å². The molecule has 24 heavy (non-hydrogen) atoms. The van der Waals surface area contributed by atoms with Gasteiger partial charge >= 0.3 is 0 Å². The Morgan fingerprint density at radius 1 is 1.25 bits per heavy atom. The zero-order chi connectivity index (χ0) is 16.7. The number of likely N-dealkylation sites (tertiary alicyclic amines) is 1. The fourth-order valence-electron chi connectivity index (χ4n) is 3.58. The van der Waals surface area contributed by atoms with E-state index in [0.717, 1.165) is 36.4 Å². The molecule has 4 rings (SSSR count). The van der Waals surface area contributed by atoms with Gasteiger partial charge in [-0.3, -0.25) is 9.58 Å². The fraction of sp³-hybridized carbons (Fsp3) is 0.471. The van der Waals surface area contributed by atoms with Gasteiger partial charge in [-0.15, -0.1) is 5.10 Å². The second kappa shape index (κ2) is 5.99. The smallest absolute Gasteiger partial charge is 0.0955 e. The Morgan fingerprint density at radius 2 is 2.12 bits per heavy atom. The van der Waals surface area contributed by atoms with Gasteiger partial charge in [0.1, 0.15) is 0 Å². The second-order valence-corrected chi connectivity index (χ2v) is 6.57. The molecular formula is C17H22N6O. The van der Waals surface area contributed by atoms with Crippen molar-refractivity contribution in [3.8, 4) is 0 Å². The molecule has 126 valence electrons. The maximum Gasteiger partial charge on any atom is 0.0955 e. The monoisotopic (exact) mass is 326 g/mol. The first-order valence-electron chi connectivity index (χ1n) is 8.15. The summed E-state index contributed by atoms with van der Waals surface area (Å²) in [5, 5.41) is 8.33. The number of imidazole rings is 1. The van der Waals surface area contributed by atoms with Crippen molar-refractivity contribution in [3.63, 3.8) is 0 Å². The number of rotatable bonds is 4. The third-order valence-electron chi connectivity index (χ3n) is 4.84. The van der Waals surface area contributed by atoms with Gasteiger partial charge in [-0.25, -0.2) is 4.98 Å². The number of fused-ring (bicyclic) bond motifs is 1. The van der Waals surface area contributed by atoms with Crippen LogP contribution < -0.4 is 0 Å². The summed E-state index contributed by atoms with van der Waals surface area (Å²) in [6.45, 7) is 2.72. The minimum absolute atomic E-state index is 0.153.